The quantitative estimate of drug-likeness (QED) is 0.471. The van der Waals surface area contributed by atoms with Gasteiger partial charge in [-0.25, -0.2) is 0 Å². The van der Waals surface area contributed by atoms with E-state index in [1.807, 2.05) is 0 Å². The molecule has 0 N–H and O–H groups in total. The van der Waals surface area contributed by atoms with Gasteiger partial charge in [-0.15, -0.1) is 0 Å². The van der Waals surface area contributed by atoms with Crippen molar-refractivity contribution in [2.24, 2.45) is 0 Å². The zero-order chi connectivity index (χ0) is 0. The molecule has 0 atom stereocenters. The van der Waals surface area contributed by atoms with Crippen molar-refractivity contribution in [3.8, 4) is 0 Å². The molecule has 0 bridgehead atoms. The molecule has 0 saturated carbocycles. The standard InChI is InChI=1S/Cr.Ge.Sb.Te. The maximum atomic E-state index is 0. The Morgan fingerprint density at radius 3 is 1.00 bits per heavy atom. The van der Waals surface area contributed by atoms with Gasteiger partial charge in [-0.05, 0) is 0 Å². The number of hydrogen-bond acceptors (Lipinski definition) is 0. The normalized spacial score (nSPS) is 0. The molecule has 0 amide bonds. The van der Waals surface area contributed by atoms with Crippen LogP contribution in [0.5, 0.6) is 0 Å². The summed E-state index contributed by atoms with van der Waals surface area (Å²) in [6.07, 6.45) is 0. The third-order valence-corrected chi connectivity index (χ3v) is 0. The molecule has 0 unspecified atom stereocenters. The van der Waals surface area contributed by atoms with E-state index in [1.54, 1.807) is 0 Å². The molecule has 0 aliphatic rings. The minimum absolute atomic E-state index is 0. The summed E-state index contributed by atoms with van der Waals surface area (Å²) in [4.78, 5) is 0. The second-order valence-corrected chi connectivity index (χ2v) is 0. The fourth-order valence-electron chi connectivity index (χ4n) is 0. The molecule has 0 fully saturated rings. The van der Waals surface area contributed by atoms with Crippen LogP contribution in [0.2, 0.25) is 0 Å². The van der Waals surface area contributed by atoms with Crippen molar-refractivity contribution in [2.75, 3.05) is 0 Å². The fraction of sp³-hybridized carbons (Fsp3) is 0. The maximum Gasteiger partial charge on any atom is 0 e. The van der Waals surface area contributed by atoms with E-state index in [0.29, 0.717) is 0 Å². The molecule has 9 radical (unpaired) electrons. The number of hydrogen-bond donors (Lipinski definition) is 0. The van der Waals surface area contributed by atoms with E-state index in [4.69, 9.17) is 0 Å². The van der Waals surface area contributed by atoms with Crippen molar-refractivity contribution in [3.05, 3.63) is 0 Å². The molecular weight excluding hydrogens is 374 g/mol. The predicted molar refractivity (Wildman–Crippen MR) is 17.3 cm³/mol. The van der Waals surface area contributed by atoms with E-state index in [0.717, 1.165) is 0 Å². The molecule has 4 heavy (non-hydrogen) atoms. The van der Waals surface area contributed by atoms with Crippen LogP contribution in [0.25, 0.3) is 0 Å². The summed E-state index contributed by atoms with van der Waals surface area (Å²) in [6.45, 7) is 0. The van der Waals surface area contributed by atoms with Crippen LogP contribution in [0.1, 0.15) is 0 Å². The Hall–Kier alpha value is 2.68. The third kappa shape index (κ3) is 8.82. The van der Waals surface area contributed by atoms with Crippen LogP contribution in [-0.2, 0) is 17.4 Å². The summed E-state index contributed by atoms with van der Waals surface area (Å²) >= 11 is 0. The summed E-state index contributed by atoms with van der Waals surface area (Å²) in [5, 5.41) is 0. The van der Waals surface area contributed by atoms with Crippen LogP contribution < -0.4 is 0 Å². The third-order valence-electron chi connectivity index (χ3n) is 0. The summed E-state index contributed by atoms with van der Waals surface area (Å²) in [6, 6.07) is 0. The van der Waals surface area contributed by atoms with Gasteiger partial charge >= 0.3 is 0 Å². The van der Waals surface area contributed by atoms with Gasteiger partial charge in [-0.2, -0.15) is 0 Å². The van der Waals surface area contributed by atoms with E-state index < -0.39 is 0 Å². The van der Waals surface area contributed by atoms with E-state index in [2.05, 4.69) is 0 Å². The van der Waals surface area contributed by atoms with Gasteiger partial charge in [0.1, 0.15) is 0 Å². The molecule has 0 aromatic heterocycles. The zero-order valence-corrected chi connectivity index (χ0v) is 10.0. The van der Waals surface area contributed by atoms with E-state index >= 15 is 0 Å². The second kappa shape index (κ2) is 17.3. The average molecular weight is 374 g/mol. The molecule has 0 saturated heterocycles. The molecule has 0 nitrogen and oxygen atoms in total. The summed E-state index contributed by atoms with van der Waals surface area (Å²) < 4.78 is 0. The largest absolute Gasteiger partial charge is 0 e. The molecular formula is CrGeSbTe. The molecule has 21 valence electrons. The molecule has 0 aliphatic carbocycles. The van der Waals surface area contributed by atoms with E-state index in [-0.39, 0.29) is 83.1 Å². The maximum absolute atomic E-state index is 0. The van der Waals surface area contributed by atoms with Gasteiger partial charge in [0.15, 0.2) is 0 Å². The Kier molecular flexibility index (Phi) is 130. The molecule has 0 aliphatic heterocycles. The van der Waals surface area contributed by atoms with Crippen molar-refractivity contribution in [1.29, 1.82) is 0 Å². The fourth-order valence-corrected chi connectivity index (χ4v) is 0. The van der Waals surface area contributed by atoms with Crippen molar-refractivity contribution in [3.63, 3.8) is 0 Å². The van der Waals surface area contributed by atoms with Gasteiger partial charge in [-0.3, -0.25) is 0 Å². The first kappa shape index (κ1) is 30.0. The Labute approximate surface area is 81.8 Å². The predicted octanol–water partition coefficient (Wildman–Crippen LogP) is -1.14. The monoisotopic (exact) mass is 377 g/mol. The van der Waals surface area contributed by atoms with Crippen molar-refractivity contribution in [2.45, 2.75) is 0 Å². The minimum atomic E-state index is 0. The van der Waals surface area contributed by atoms with Gasteiger partial charge in [-0.1, -0.05) is 0 Å². The van der Waals surface area contributed by atoms with Gasteiger partial charge in [0.05, 0.1) is 0 Å². The molecule has 0 rings (SSSR count). The molecule has 0 aromatic carbocycles. The smallest absolute Gasteiger partial charge is 0 e. The summed E-state index contributed by atoms with van der Waals surface area (Å²) in [5.41, 5.74) is 0. The van der Waals surface area contributed by atoms with Crippen molar-refractivity contribution < 1.29 is 17.4 Å². The van der Waals surface area contributed by atoms with Gasteiger partial charge in [0.2, 0.25) is 0 Å². The number of rotatable bonds is 0. The first-order valence-corrected chi connectivity index (χ1v) is 0. The topological polar surface area (TPSA) is 0 Å². The second-order valence-electron chi connectivity index (χ2n) is 0. The average Bonchev–Trinajstić information content (AvgIpc) is 0. The van der Waals surface area contributed by atoms with Crippen LogP contribution in [0.3, 0.4) is 0 Å². The summed E-state index contributed by atoms with van der Waals surface area (Å²) in [7, 11) is 0. The Bertz CT molecular complexity index is 8.00. The van der Waals surface area contributed by atoms with Crippen LogP contribution >= 0.6 is 0 Å². The van der Waals surface area contributed by atoms with Crippen molar-refractivity contribution in [1.82, 2.24) is 0 Å². The van der Waals surface area contributed by atoms with E-state index in [9.17, 15) is 0 Å². The SMILES string of the molecule is [Cr].[Ge].[Sb].[Te]. The minimum Gasteiger partial charge on any atom is 0 e. The Balaban J connectivity index is 0. The van der Waals surface area contributed by atoms with Gasteiger partial charge in [0, 0.05) is 83.1 Å². The van der Waals surface area contributed by atoms with E-state index in [1.165, 1.54) is 0 Å². The first-order chi connectivity index (χ1) is 0. The van der Waals surface area contributed by atoms with Gasteiger partial charge < -0.3 is 0 Å². The summed E-state index contributed by atoms with van der Waals surface area (Å²) in [5.74, 6) is 0. The van der Waals surface area contributed by atoms with Crippen molar-refractivity contribution >= 4 is 65.7 Å². The molecule has 0 spiro atoms. The molecule has 4 heteroatoms. The molecule has 0 heterocycles. The Morgan fingerprint density at radius 2 is 1.00 bits per heavy atom. The zero-order valence-electron chi connectivity index (χ0n) is 1.76. The van der Waals surface area contributed by atoms with Crippen LogP contribution in [-0.4, -0.2) is 65.7 Å². The molecule has 0 aromatic rings. The van der Waals surface area contributed by atoms with Crippen LogP contribution in [0, 0.1) is 0 Å². The Morgan fingerprint density at radius 1 is 1.00 bits per heavy atom. The van der Waals surface area contributed by atoms with Crippen LogP contribution in [0.4, 0.5) is 0 Å². The van der Waals surface area contributed by atoms with Gasteiger partial charge in [0.25, 0.3) is 0 Å². The van der Waals surface area contributed by atoms with Crippen LogP contribution in [0.15, 0.2) is 0 Å². The first-order valence-electron chi connectivity index (χ1n) is 0.